The van der Waals surface area contributed by atoms with Crippen molar-refractivity contribution in [1.29, 1.82) is 0 Å². The fourth-order valence-corrected chi connectivity index (χ4v) is 3.01. The highest BCUT2D eigenvalue weighted by atomic mass is 16.1. The Kier molecular flexibility index (Phi) is 4.24. The molecule has 6 heteroatoms. The fraction of sp³-hybridized carbons (Fsp3) is 0. The summed E-state index contributed by atoms with van der Waals surface area (Å²) in [4.78, 5) is 20.9. The van der Waals surface area contributed by atoms with Crippen molar-refractivity contribution in [3.63, 3.8) is 0 Å². The Morgan fingerprint density at radius 2 is 1.48 bits per heavy atom. The predicted octanol–water partition coefficient (Wildman–Crippen LogP) is 3.40. The van der Waals surface area contributed by atoms with Crippen molar-refractivity contribution in [3.05, 3.63) is 83.9 Å². The molecule has 1 aromatic heterocycles. The van der Waals surface area contributed by atoms with Crippen LogP contribution in [0.5, 0.6) is 0 Å². The van der Waals surface area contributed by atoms with Crippen LogP contribution in [0.15, 0.2) is 72.8 Å². The molecule has 4 aromatic rings. The summed E-state index contributed by atoms with van der Waals surface area (Å²) in [5, 5.41) is 0.772. The summed E-state index contributed by atoms with van der Waals surface area (Å²) in [6.07, 6.45) is 0. The van der Waals surface area contributed by atoms with Crippen LogP contribution in [0.25, 0.3) is 22.0 Å². The number of rotatable bonds is 4. The van der Waals surface area contributed by atoms with Gasteiger partial charge in [-0.1, -0.05) is 60.7 Å². The largest absolute Gasteiger partial charge is 0.368 e. The number of hydrazine groups is 1. The molecule has 27 heavy (non-hydrogen) atoms. The van der Waals surface area contributed by atoms with Gasteiger partial charge >= 0.3 is 0 Å². The summed E-state index contributed by atoms with van der Waals surface area (Å²) < 4.78 is 0. The first-order valence-corrected chi connectivity index (χ1v) is 8.40. The van der Waals surface area contributed by atoms with Crippen molar-refractivity contribution in [2.24, 2.45) is 5.84 Å². The van der Waals surface area contributed by atoms with Crippen LogP contribution in [-0.2, 0) is 0 Å². The van der Waals surface area contributed by atoms with Crippen LogP contribution in [0.3, 0.4) is 0 Å². The molecule has 0 aliphatic heterocycles. The van der Waals surface area contributed by atoms with Gasteiger partial charge < -0.3 is 11.2 Å². The van der Waals surface area contributed by atoms with Gasteiger partial charge in [-0.15, -0.1) is 0 Å². The zero-order chi connectivity index (χ0) is 18.8. The second kappa shape index (κ2) is 6.86. The van der Waals surface area contributed by atoms with E-state index in [1.54, 1.807) is 0 Å². The van der Waals surface area contributed by atoms with Gasteiger partial charge in [0.05, 0.1) is 5.52 Å². The molecule has 0 spiro atoms. The highest BCUT2D eigenvalue weighted by Gasteiger charge is 2.10. The normalized spacial score (nSPS) is 10.7. The van der Waals surface area contributed by atoms with E-state index in [2.05, 4.69) is 15.4 Å². The Bertz CT molecular complexity index is 1120. The quantitative estimate of drug-likeness (QED) is 0.294. The summed E-state index contributed by atoms with van der Waals surface area (Å²) in [7, 11) is 0. The molecule has 0 bridgehead atoms. The lowest BCUT2D eigenvalue weighted by Crippen LogP contribution is -2.11. The summed E-state index contributed by atoms with van der Waals surface area (Å²) in [6, 6.07) is 22.5. The zero-order valence-corrected chi connectivity index (χ0v) is 14.4. The smallest absolute Gasteiger partial charge is 0.222 e. The number of nitrogens with one attached hydrogen (secondary N) is 1. The third kappa shape index (κ3) is 3.21. The monoisotopic (exact) mass is 355 g/mol. The minimum absolute atomic E-state index is 0.000783. The number of anilines is 2. The van der Waals surface area contributed by atoms with Crippen molar-refractivity contribution in [2.45, 2.75) is 0 Å². The molecule has 0 radical (unpaired) electrons. The second-order valence-electron chi connectivity index (χ2n) is 6.08. The van der Waals surface area contributed by atoms with Gasteiger partial charge in [0.1, 0.15) is 0 Å². The first-order valence-electron chi connectivity index (χ1n) is 8.40. The van der Waals surface area contributed by atoms with Crippen LogP contribution >= 0.6 is 0 Å². The molecular formula is C21H17N5O. The Hall–Kier alpha value is -3.77. The zero-order valence-electron chi connectivity index (χ0n) is 14.4. The average molecular weight is 355 g/mol. The lowest BCUT2D eigenvalue weighted by molar-refractivity contribution is 0.103. The maximum absolute atomic E-state index is 12.5. The third-order valence-electron chi connectivity index (χ3n) is 4.37. The summed E-state index contributed by atoms with van der Waals surface area (Å²) in [6.45, 7) is 0. The van der Waals surface area contributed by atoms with E-state index in [4.69, 9.17) is 11.6 Å². The SMILES string of the molecule is NNc1nc(N)nc2ccc(-c3ccc(C(=O)c4ccccc4)cc3)cc12. The Morgan fingerprint density at radius 1 is 0.815 bits per heavy atom. The summed E-state index contributed by atoms with van der Waals surface area (Å²) >= 11 is 0. The lowest BCUT2D eigenvalue weighted by Gasteiger charge is -2.09. The Morgan fingerprint density at radius 3 is 2.19 bits per heavy atom. The molecule has 0 amide bonds. The van der Waals surface area contributed by atoms with E-state index in [1.165, 1.54) is 0 Å². The van der Waals surface area contributed by atoms with Crippen molar-refractivity contribution in [3.8, 4) is 11.1 Å². The van der Waals surface area contributed by atoms with Crippen molar-refractivity contribution < 1.29 is 4.79 Å². The standard InChI is InChI=1S/C21H17N5O/c22-21-24-18-11-10-16(12-17(18)20(25-21)26-23)13-6-8-15(9-7-13)19(27)14-4-2-1-3-5-14/h1-12H,23H2,(H3,22,24,25,26). The number of hydrogen-bond donors (Lipinski definition) is 3. The first-order chi connectivity index (χ1) is 13.2. The van der Waals surface area contributed by atoms with Crippen LogP contribution < -0.4 is 17.0 Å². The van der Waals surface area contributed by atoms with Crippen molar-refractivity contribution in [1.82, 2.24) is 9.97 Å². The van der Waals surface area contributed by atoms with Gasteiger partial charge in [-0.2, -0.15) is 4.98 Å². The van der Waals surface area contributed by atoms with E-state index in [0.29, 0.717) is 22.5 Å². The number of benzene rings is 3. The number of nitrogens with zero attached hydrogens (tertiary/aromatic N) is 2. The number of carbonyl (C=O) groups is 1. The third-order valence-corrected chi connectivity index (χ3v) is 4.37. The van der Waals surface area contributed by atoms with Gasteiger partial charge in [0.15, 0.2) is 11.6 Å². The first kappa shape index (κ1) is 16.7. The molecule has 0 atom stereocenters. The topological polar surface area (TPSA) is 107 Å². The van der Waals surface area contributed by atoms with Crippen LogP contribution in [-0.4, -0.2) is 15.8 Å². The highest BCUT2D eigenvalue weighted by molar-refractivity contribution is 6.09. The molecule has 3 aromatic carbocycles. The van der Waals surface area contributed by atoms with Gasteiger partial charge in [0.2, 0.25) is 5.95 Å². The van der Waals surface area contributed by atoms with E-state index in [9.17, 15) is 4.79 Å². The van der Waals surface area contributed by atoms with Gasteiger partial charge in [-0.05, 0) is 23.3 Å². The van der Waals surface area contributed by atoms with Gasteiger partial charge in [0, 0.05) is 16.5 Å². The van der Waals surface area contributed by atoms with Crippen molar-refractivity contribution >= 4 is 28.5 Å². The number of nitrogen functional groups attached to an aromatic ring is 2. The molecular weight excluding hydrogens is 338 g/mol. The highest BCUT2D eigenvalue weighted by Crippen LogP contribution is 2.28. The van der Waals surface area contributed by atoms with E-state index in [0.717, 1.165) is 16.5 Å². The number of fused-ring (bicyclic) bond motifs is 1. The molecule has 1 heterocycles. The van der Waals surface area contributed by atoms with Gasteiger partial charge in [-0.3, -0.25) is 4.79 Å². The number of carbonyl (C=O) groups excluding carboxylic acids is 1. The Labute approximate surface area is 155 Å². The van der Waals surface area contributed by atoms with E-state index < -0.39 is 0 Å². The Balaban J connectivity index is 1.70. The molecule has 4 rings (SSSR count). The van der Waals surface area contributed by atoms with Crippen molar-refractivity contribution in [2.75, 3.05) is 11.2 Å². The lowest BCUT2D eigenvalue weighted by atomic mass is 9.98. The van der Waals surface area contributed by atoms with E-state index in [-0.39, 0.29) is 11.7 Å². The minimum atomic E-state index is -0.000783. The molecule has 0 saturated carbocycles. The number of hydrogen-bond acceptors (Lipinski definition) is 6. The number of ketones is 1. The predicted molar refractivity (Wildman–Crippen MR) is 107 cm³/mol. The summed E-state index contributed by atoms with van der Waals surface area (Å²) in [5.74, 6) is 6.17. The maximum atomic E-state index is 12.5. The minimum Gasteiger partial charge on any atom is -0.368 e. The van der Waals surface area contributed by atoms with Gasteiger partial charge in [-0.25, -0.2) is 10.8 Å². The van der Waals surface area contributed by atoms with Gasteiger partial charge in [0.25, 0.3) is 0 Å². The maximum Gasteiger partial charge on any atom is 0.222 e. The molecule has 0 aliphatic rings. The molecule has 0 aliphatic carbocycles. The van der Waals surface area contributed by atoms with Crippen LogP contribution in [0.2, 0.25) is 0 Å². The van der Waals surface area contributed by atoms with Crippen LogP contribution in [0.4, 0.5) is 11.8 Å². The van der Waals surface area contributed by atoms with E-state index >= 15 is 0 Å². The van der Waals surface area contributed by atoms with Crippen LogP contribution in [0.1, 0.15) is 15.9 Å². The molecule has 5 N–H and O–H groups in total. The molecule has 0 unspecified atom stereocenters. The molecule has 6 nitrogen and oxygen atoms in total. The van der Waals surface area contributed by atoms with Crippen LogP contribution in [0, 0.1) is 0 Å². The molecule has 0 fully saturated rings. The molecule has 132 valence electrons. The summed E-state index contributed by atoms with van der Waals surface area (Å²) in [5.41, 5.74) is 12.2. The number of aromatic nitrogens is 2. The number of nitrogens with two attached hydrogens (primary N) is 2. The molecule has 0 saturated heterocycles. The average Bonchev–Trinajstić information content (AvgIpc) is 2.73. The second-order valence-corrected chi connectivity index (χ2v) is 6.08. The van der Waals surface area contributed by atoms with E-state index in [1.807, 2.05) is 72.8 Å². The fourth-order valence-electron chi connectivity index (χ4n) is 3.01.